The third kappa shape index (κ3) is 2.85. The molecule has 0 unspecified atom stereocenters. The molecule has 4 rings (SSSR count). The Bertz CT molecular complexity index is 571. The summed E-state index contributed by atoms with van der Waals surface area (Å²) in [6, 6.07) is 0.677. The highest BCUT2D eigenvalue weighted by Crippen LogP contribution is 2.37. The molecular formula is C15H22N6. The molecule has 3 heterocycles. The Kier molecular flexibility index (Phi) is 3.47. The molecule has 1 saturated carbocycles. The number of imidazole rings is 1. The van der Waals surface area contributed by atoms with E-state index < -0.39 is 0 Å². The second-order valence-electron chi connectivity index (χ2n) is 6.27. The van der Waals surface area contributed by atoms with Gasteiger partial charge in [0, 0.05) is 44.0 Å². The van der Waals surface area contributed by atoms with E-state index in [1.54, 1.807) is 0 Å². The van der Waals surface area contributed by atoms with Crippen LogP contribution in [-0.2, 0) is 6.54 Å². The molecular weight excluding hydrogens is 264 g/mol. The fourth-order valence-electron chi connectivity index (χ4n) is 3.32. The van der Waals surface area contributed by atoms with Crippen molar-refractivity contribution in [3.05, 3.63) is 30.9 Å². The van der Waals surface area contributed by atoms with Crippen molar-refractivity contribution >= 4 is 0 Å². The Morgan fingerprint density at radius 3 is 2.90 bits per heavy atom. The second kappa shape index (κ2) is 5.60. The van der Waals surface area contributed by atoms with Gasteiger partial charge in [-0.1, -0.05) is 0 Å². The van der Waals surface area contributed by atoms with Crippen LogP contribution in [0.25, 0.3) is 0 Å². The minimum Gasteiger partial charge on any atom is -0.336 e. The summed E-state index contributed by atoms with van der Waals surface area (Å²) in [7, 11) is 0. The van der Waals surface area contributed by atoms with Crippen molar-refractivity contribution in [2.75, 3.05) is 19.6 Å². The zero-order chi connectivity index (χ0) is 14.1. The van der Waals surface area contributed by atoms with Gasteiger partial charge in [-0.3, -0.25) is 0 Å². The highest BCUT2D eigenvalue weighted by atomic mass is 15.3. The number of hydrogen-bond acceptors (Lipinski definition) is 4. The highest BCUT2D eigenvalue weighted by Gasteiger charge is 2.31. The molecule has 112 valence electrons. The van der Waals surface area contributed by atoms with Crippen LogP contribution in [0.1, 0.15) is 43.5 Å². The number of aromatic nitrogens is 5. The van der Waals surface area contributed by atoms with Crippen LogP contribution in [0.4, 0.5) is 0 Å². The molecule has 2 aliphatic rings. The van der Waals surface area contributed by atoms with Gasteiger partial charge < -0.3 is 14.0 Å². The molecule has 0 aromatic carbocycles. The van der Waals surface area contributed by atoms with E-state index in [1.807, 2.05) is 25.0 Å². The summed E-state index contributed by atoms with van der Waals surface area (Å²) in [5.41, 5.74) is 0. The summed E-state index contributed by atoms with van der Waals surface area (Å²) in [4.78, 5) is 6.66. The first kappa shape index (κ1) is 13.0. The maximum atomic E-state index is 4.42. The fraction of sp³-hybridized carbons (Fsp3) is 0.667. The third-order valence-corrected chi connectivity index (χ3v) is 4.65. The Morgan fingerprint density at radius 2 is 2.10 bits per heavy atom. The predicted molar refractivity (Wildman–Crippen MR) is 78.9 cm³/mol. The van der Waals surface area contributed by atoms with Gasteiger partial charge in [-0.15, -0.1) is 10.2 Å². The van der Waals surface area contributed by atoms with Crippen molar-refractivity contribution < 1.29 is 0 Å². The normalized spacial score (nSPS) is 23.5. The van der Waals surface area contributed by atoms with Gasteiger partial charge in [0.1, 0.15) is 12.2 Å². The van der Waals surface area contributed by atoms with Crippen LogP contribution < -0.4 is 0 Å². The van der Waals surface area contributed by atoms with Crippen LogP contribution >= 0.6 is 0 Å². The minimum absolute atomic E-state index is 0.546. The Hall–Kier alpha value is -1.69. The van der Waals surface area contributed by atoms with Crippen LogP contribution in [0.5, 0.6) is 0 Å². The minimum atomic E-state index is 0.546. The molecule has 6 heteroatoms. The predicted octanol–water partition coefficient (Wildman–Crippen LogP) is 1.69. The summed E-state index contributed by atoms with van der Waals surface area (Å²) in [5, 5.41) is 8.57. The maximum absolute atomic E-state index is 4.42. The Morgan fingerprint density at radius 1 is 1.14 bits per heavy atom. The molecule has 2 fully saturated rings. The van der Waals surface area contributed by atoms with Crippen molar-refractivity contribution in [1.82, 2.24) is 29.2 Å². The summed E-state index contributed by atoms with van der Waals surface area (Å²) in [6.07, 6.45) is 12.8. The monoisotopic (exact) mass is 286 g/mol. The Labute approximate surface area is 124 Å². The molecule has 2 aromatic rings. The van der Waals surface area contributed by atoms with E-state index in [4.69, 9.17) is 0 Å². The number of piperidine rings is 1. The van der Waals surface area contributed by atoms with E-state index >= 15 is 0 Å². The molecule has 0 spiro atoms. The fourth-order valence-corrected chi connectivity index (χ4v) is 3.32. The van der Waals surface area contributed by atoms with Gasteiger partial charge in [0.05, 0.1) is 6.33 Å². The first-order valence-corrected chi connectivity index (χ1v) is 7.97. The van der Waals surface area contributed by atoms with Crippen molar-refractivity contribution in [1.29, 1.82) is 0 Å². The summed E-state index contributed by atoms with van der Waals surface area (Å²) >= 11 is 0. The first-order chi connectivity index (χ1) is 10.4. The lowest BCUT2D eigenvalue weighted by Crippen LogP contribution is -2.37. The van der Waals surface area contributed by atoms with Crippen LogP contribution in [0.15, 0.2) is 25.0 Å². The van der Waals surface area contributed by atoms with Gasteiger partial charge in [-0.05, 0) is 32.2 Å². The van der Waals surface area contributed by atoms with E-state index in [1.165, 1.54) is 38.1 Å². The molecule has 0 N–H and O–H groups in total. The molecule has 0 radical (unpaired) electrons. The summed E-state index contributed by atoms with van der Waals surface area (Å²) < 4.78 is 4.47. The zero-order valence-corrected chi connectivity index (χ0v) is 12.3. The lowest BCUT2D eigenvalue weighted by atomic mass is 9.97. The standard InChI is InChI=1S/C15H22N6/c1-2-13(15-18-17-12-21(15)14-3-4-14)10-19(6-1)8-9-20-7-5-16-11-20/h5,7,11-14H,1-4,6,8-10H2/t13-/m1/s1. The van der Waals surface area contributed by atoms with Gasteiger partial charge >= 0.3 is 0 Å². The van der Waals surface area contributed by atoms with Crippen molar-refractivity contribution in [3.8, 4) is 0 Å². The van der Waals surface area contributed by atoms with Gasteiger partial charge in [-0.2, -0.15) is 0 Å². The molecule has 2 aromatic heterocycles. The molecule has 6 nitrogen and oxygen atoms in total. The van der Waals surface area contributed by atoms with Crippen molar-refractivity contribution in [2.24, 2.45) is 0 Å². The number of likely N-dealkylation sites (tertiary alicyclic amines) is 1. The van der Waals surface area contributed by atoms with Gasteiger partial charge in [-0.25, -0.2) is 4.98 Å². The van der Waals surface area contributed by atoms with Gasteiger partial charge in [0.25, 0.3) is 0 Å². The van der Waals surface area contributed by atoms with Crippen LogP contribution in [0.2, 0.25) is 0 Å². The smallest absolute Gasteiger partial charge is 0.137 e. The van der Waals surface area contributed by atoms with Crippen molar-refractivity contribution in [2.45, 2.75) is 44.2 Å². The largest absolute Gasteiger partial charge is 0.336 e. The average Bonchev–Trinajstić information content (AvgIpc) is 3.04. The van der Waals surface area contributed by atoms with E-state index in [-0.39, 0.29) is 0 Å². The molecule has 1 atom stereocenters. The number of nitrogens with zero attached hydrogens (tertiary/aromatic N) is 6. The molecule has 0 bridgehead atoms. The van der Waals surface area contributed by atoms with Crippen LogP contribution in [0, 0.1) is 0 Å². The topological polar surface area (TPSA) is 51.8 Å². The molecule has 1 aliphatic carbocycles. The lowest BCUT2D eigenvalue weighted by Gasteiger charge is -2.32. The van der Waals surface area contributed by atoms with Gasteiger partial charge in [0.2, 0.25) is 0 Å². The van der Waals surface area contributed by atoms with Crippen LogP contribution in [0.3, 0.4) is 0 Å². The first-order valence-electron chi connectivity index (χ1n) is 7.97. The van der Waals surface area contributed by atoms with Crippen LogP contribution in [-0.4, -0.2) is 48.8 Å². The van der Waals surface area contributed by atoms with E-state index in [0.29, 0.717) is 12.0 Å². The average molecular weight is 286 g/mol. The third-order valence-electron chi connectivity index (χ3n) is 4.65. The van der Waals surface area contributed by atoms with E-state index in [0.717, 1.165) is 19.6 Å². The van der Waals surface area contributed by atoms with Crippen molar-refractivity contribution in [3.63, 3.8) is 0 Å². The molecule has 21 heavy (non-hydrogen) atoms. The summed E-state index contributed by atoms with van der Waals surface area (Å²) in [5.74, 6) is 1.76. The lowest BCUT2D eigenvalue weighted by molar-refractivity contribution is 0.195. The maximum Gasteiger partial charge on any atom is 0.137 e. The highest BCUT2D eigenvalue weighted by molar-refractivity contribution is 5.03. The number of hydrogen-bond donors (Lipinski definition) is 0. The molecule has 1 saturated heterocycles. The molecule has 0 amide bonds. The van der Waals surface area contributed by atoms with E-state index in [2.05, 4.69) is 29.2 Å². The molecule has 1 aliphatic heterocycles. The quantitative estimate of drug-likeness (QED) is 0.839. The second-order valence-corrected chi connectivity index (χ2v) is 6.27. The van der Waals surface area contributed by atoms with E-state index in [9.17, 15) is 0 Å². The Balaban J connectivity index is 1.39. The zero-order valence-electron chi connectivity index (χ0n) is 12.3. The summed E-state index contributed by atoms with van der Waals surface area (Å²) in [6.45, 7) is 4.41. The SMILES string of the molecule is c1cn(CCN2CCC[C@@H](c3nncn3C3CC3)C2)cn1. The number of rotatable bonds is 5. The van der Waals surface area contributed by atoms with Gasteiger partial charge in [0.15, 0.2) is 0 Å².